The molecule has 3 heteroatoms. The molecule has 0 aromatic rings. The van der Waals surface area contributed by atoms with Gasteiger partial charge in [0.2, 0.25) is 0 Å². The van der Waals surface area contributed by atoms with Crippen molar-refractivity contribution in [2.24, 2.45) is 17.8 Å². The Kier molecular flexibility index (Phi) is 9.75. The molecule has 1 heterocycles. The van der Waals surface area contributed by atoms with E-state index in [1.807, 2.05) is 6.08 Å². The highest BCUT2D eigenvalue weighted by molar-refractivity contribution is 5.18. The van der Waals surface area contributed by atoms with Gasteiger partial charge in [0.1, 0.15) is 0 Å². The highest BCUT2D eigenvalue weighted by Gasteiger charge is 2.44. The van der Waals surface area contributed by atoms with Crippen molar-refractivity contribution in [1.29, 1.82) is 0 Å². The molecule has 166 valence electrons. The number of rotatable bonds is 11. The molecule has 3 nitrogen and oxygen atoms in total. The molecule has 3 rings (SSSR count). The summed E-state index contributed by atoms with van der Waals surface area (Å²) in [7, 11) is 0. The number of hydrogen-bond acceptors (Lipinski definition) is 3. The number of unbranched alkanes of at least 4 members (excludes halogenated alkanes) is 4. The van der Waals surface area contributed by atoms with E-state index in [-0.39, 0.29) is 18.1 Å². The monoisotopic (exact) mass is 403 g/mol. The van der Waals surface area contributed by atoms with Crippen molar-refractivity contribution in [3.05, 3.63) is 23.8 Å². The lowest BCUT2D eigenvalue weighted by atomic mass is 9.90. The molecule has 0 aromatic carbocycles. The maximum absolute atomic E-state index is 10.5. The lowest BCUT2D eigenvalue weighted by molar-refractivity contribution is 0.139. The van der Waals surface area contributed by atoms with E-state index in [1.165, 1.54) is 77.4 Å². The standard InChI is InChI=1S/C26H45NO2/c1-2-3-6-12-23(28)13-14-24-25-19-21(18-22(25)20-26(24)29)11-7-4-8-15-27-16-9-5-10-17-27/h11,13-14,22-26,28-29H,2-10,12,15-20H2,1H3/b14-13+,21-11+/t22-,23-,24+,25-,26+/m0/s1. The summed E-state index contributed by atoms with van der Waals surface area (Å²) < 4.78 is 0. The van der Waals surface area contributed by atoms with E-state index >= 15 is 0 Å². The van der Waals surface area contributed by atoms with Crippen LogP contribution in [0.2, 0.25) is 0 Å². The minimum atomic E-state index is -0.343. The number of piperidine rings is 1. The molecule has 1 aliphatic heterocycles. The molecule has 2 saturated carbocycles. The first-order valence-corrected chi connectivity index (χ1v) is 12.6. The Hall–Kier alpha value is -0.640. The summed E-state index contributed by atoms with van der Waals surface area (Å²) >= 11 is 0. The van der Waals surface area contributed by atoms with Gasteiger partial charge in [-0.25, -0.2) is 0 Å². The van der Waals surface area contributed by atoms with Gasteiger partial charge in [0.25, 0.3) is 0 Å². The van der Waals surface area contributed by atoms with Crippen molar-refractivity contribution in [3.63, 3.8) is 0 Å². The minimum Gasteiger partial charge on any atom is -0.392 e. The van der Waals surface area contributed by atoms with Crippen LogP contribution in [-0.4, -0.2) is 47.0 Å². The van der Waals surface area contributed by atoms with E-state index in [4.69, 9.17) is 0 Å². The molecule has 0 aromatic heterocycles. The molecular formula is C26H45NO2. The third-order valence-electron chi connectivity index (χ3n) is 7.58. The van der Waals surface area contributed by atoms with Gasteiger partial charge < -0.3 is 15.1 Å². The number of allylic oxidation sites excluding steroid dienone is 2. The van der Waals surface area contributed by atoms with Crippen LogP contribution in [-0.2, 0) is 0 Å². The van der Waals surface area contributed by atoms with Crippen LogP contribution in [0.4, 0.5) is 0 Å². The second-order valence-corrected chi connectivity index (χ2v) is 9.92. The lowest BCUT2D eigenvalue weighted by Gasteiger charge is -2.26. The highest BCUT2D eigenvalue weighted by Crippen LogP contribution is 2.50. The molecule has 0 unspecified atom stereocenters. The largest absolute Gasteiger partial charge is 0.392 e. The van der Waals surface area contributed by atoms with Crippen molar-refractivity contribution in [1.82, 2.24) is 4.90 Å². The van der Waals surface area contributed by atoms with Gasteiger partial charge in [0.05, 0.1) is 12.2 Å². The van der Waals surface area contributed by atoms with Crippen molar-refractivity contribution >= 4 is 0 Å². The number of fused-ring (bicyclic) bond motifs is 1. The predicted molar refractivity (Wildman–Crippen MR) is 122 cm³/mol. The van der Waals surface area contributed by atoms with E-state index in [1.54, 1.807) is 5.57 Å². The molecule has 3 aliphatic rings. The van der Waals surface area contributed by atoms with E-state index in [2.05, 4.69) is 24.0 Å². The molecule has 2 N–H and O–H groups in total. The second kappa shape index (κ2) is 12.3. The summed E-state index contributed by atoms with van der Waals surface area (Å²) in [6.07, 6.45) is 21.8. The van der Waals surface area contributed by atoms with Gasteiger partial charge in [-0.05, 0) is 89.3 Å². The van der Waals surface area contributed by atoms with Crippen LogP contribution >= 0.6 is 0 Å². The Balaban J connectivity index is 1.38. The normalized spacial score (nSPS) is 33.0. The van der Waals surface area contributed by atoms with Crippen LogP contribution in [0.1, 0.15) is 90.4 Å². The zero-order chi connectivity index (χ0) is 20.5. The van der Waals surface area contributed by atoms with E-state index in [9.17, 15) is 10.2 Å². The fourth-order valence-corrected chi connectivity index (χ4v) is 5.86. The van der Waals surface area contributed by atoms with Crippen LogP contribution in [0.15, 0.2) is 23.8 Å². The number of aliphatic hydroxyl groups is 2. The van der Waals surface area contributed by atoms with Crippen LogP contribution in [0.3, 0.4) is 0 Å². The van der Waals surface area contributed by atoms with Gasteiger partial charge in [-0.2, -0.15) is 0 Å². The lowest BCUT2D eigenvalue weighted by Crippen LogP contribution is -2.30. The Morgan fingerprint density at radius 3 is 2.69 bits per heavy atom. The average Bonchev–Trinajstić information content (AvgIpc) is 3.23. The van der Waals surface area contributed by atoms with Gasteiger partial charge >= 0.3 is 0 Å². The van der Waals surface area contributed by atoms with Crippen molar-refractivity contribution in [2.45, 2.75) is 103 Å². The first kappa shape index (κ1) is 23.0. The molecule has 0 spiro atoms. The van der Waals surface area contributed by atoms with Gasteiger partial charge in [0, 0.05) is 5.92 Å². The molecule has 0 radical (unpaired) electrons. The van der Waals surface area contributed by atoms with Crippen molar-refractivity contribution in [2.75, 3.05) is 19.6 Å². The van der Waals surface area contributed by atoms with Gasteiger partial charge in [-0.1, -0.05) is 56.4 Å². The average molecular weight is 404 g/mol. The zero-order valence-electron chi connectivity index (χ0n) is 18.8. The number of nitrogens with zero attached hydrogens (tertiary/aromatic N) is 1. The van der Waals surface area contributed by atoms with E-state index < -0.39 is 0 Å². The topological polar surface area (TPSA) is 43.7 Å². The second-order valence-electron chi connectivity index (χ2n) is 9.92. The summed E-state index contributed by atoms with van der Waals surface area (Å²) in [5.74, 6) is 1.48. The van der Waals surface area contributed by atoms with Gasteiger partial charge in [0.15, 0.2) is 0 Å². The maximum Gasteiger partial charge on any atom is 0.0721 e. The van der Waals surface area contributed by atoms with Crippen LogP contribution < -0.4 is 0 Å². The highest BCUT2D eigenvalue weighted by atomic mass is 16.3. The number of likely N-dealkylation sites (tertiary alicyclic amines) is 1. The summed E-state index contributed by atoms with van der Waals surface area (Å²) in [4.78, 5) is 2.64. The quantitative estimate of drug-likeness (QED) is 0.355. The first-order chi connectivity index (χ1) is 14.2. The fraction of sp³-hybridized carbons (Fsp3) is 0.846. The molecule has 5 atom stereocenters. The van der Waals surface area contributed by atoms with Crippen molar-refractivity contribution in [3.8, 4) is 0 Å². The minimum absolute atomic E-state index is 0.213. The third kappa shape index (κ3) is 7.22. The van der Waals surface area contributed by atoms with Gasteiger partial charge in [-0.3, -0.25) is 0 Å². The zero-order valence-corrected chi connectivity index (χ0v) is 18.8. The third-order valence-corrected chi connectivity index (χ3v) is 7.58. The first-order valence-electron chi connectivity index (χ1n) is 12.6. The molecule has 0 amide bonds. The molecule has 2 aliphatic carbocycles. The smallest absolute Gasteiger partial charge is 0.0721 e. The summed E-state index contributed by atoms with van der Waals surface area (Å²) in [6, 6.07) is 0. The molecule has 3 fully saturated rings. The van der Waals surface area contributed by atoms with Crippen LogP contribution in [0.25, 0.3) is 0 Å². The maximum atomic E-state index is 10.5. The number of aliphatic hydroxyl groups excluding tert-OH is 2. The number of hydrogen-bond donors (Lipinski definition) is 2. The summed E-state index contributed by atoms with van der Waals surface area (Å²) in [6.45, 7) is 6.11. The molecule has 1 saturated heterocycles. The van der Waals surface area contributed by atoms with Gasteiger partial charge in [-0.15, -0.1) is 0 Å². The van der Waals surface area contributed by atoms with E-state index in [0.29, 0.717) is 11.8 Å². The van der Waals surface area contributed by atoms with E-state index in [0.717, 1.165) is 25.7 Å². The Labute approximate surface area is 179 Å². The Morgan fingerprint density at radius 2 is 1.90 bits per heavy atom. The Bertz CT molecular complexity index is 523. The molecular weight excluding hydrogens is 358 g/mol. The van der Waals surface area contributed by atoms with Crippen molar-refractivity contribution < 1.29 is 10.2 Å². The predicted octanol–water partition coefficient (Wildman–Crippen LogP) is 5.47. The summed E-state index contributed by atoms with van der Waals surface area (Å²) in [5.41, 5.74) is 1.63. The fourth-order valence-electron chi connectivity index (χ4n) is 5.86. The van der Waals surface area contributed by atoms with Crippen LogP contribution in [0, 0.1) is 17.8 Å². The summed E-state index contributed by atoms with van der Waals surface area (Å²) in [5, 5.41) is 20.7. The molecule has 29 heavy (non-hydrogen) atoms. The SMILES string of the molecule is CCCCC[C@H](O)/C=C/[C@@H]1[C@H]2C/C(=C/CCCCN3CCCCC3)C[C@H]2C[C@H]1O. The Morgan fingerprint density at radius 1 is 1.07 bits per heavy atom. The molecule has 0 bridgehead atoms. The van der Waals surface area contributed by atoms with Crippen LogP contribution in [0.5, 0.6) is 0 Å².